The van der Waals surface area contributed by atoms with Crippen molar-refractivity contribution in [3.05, 3.63) is 60.2 Å². The van der Waals surface area contributed by atoms with Crippen molar-refractivity contribution in [2.75, 3.05) is 6.26 Å². The molecule has 116 valence electrons. The van der Waals surface area contributed by atoms with Gasteiger partial charge in [0.05, 0.1) is 4.90 Å². The minimum absolute atomic E-state index is 0.230. The van der Waals surface area contributed by atoms with Crippen LogP contribution in [0.3, 0.4) is 0 Å². The van der Waals surface area contributed by atoms with Crippen LogP contribution in [0.4, 0.5) is 0 Å². The summed E-state index contributed by atoms with van der Waals surface area (Å²) in [5.41, 5.74) is 1.02. The zero-order chi connectivity index (χ0) is 15.9. The van der Waals surface area contributed by atoms with Crippen molar-refractivity contribution >= 4 is 30.2 Å². The molecule has 7 heteroatoms. The van der Waals surface area contributed by atoms with Crippen LogP contribution in [-0.4, -0.2) is 14.7 Å². The molecule has 21 heavy (non-hydrogen) atoms. The number of hydrogen-bond donors (Lipinski definition) is 0. The van der Waals surface area contributed by atoms with E-state index in [0.29, 0.717) is 0 Å². The summed E-state index contributed by atoms with van der Waals surface area (Å²) in [6.07, 6.45) is 1.78. The van der Waals surface area contributed by atoms with Crippen LogP contribution in [0.25, 0.3) is 0 Å². The van der Waals surface area contributed by atoms with Gasteiger partial charge in [-0.05, 0) is 25.3 Å². The molecule has 1 unspecified atom stereocenters. The zero-order valence-corrected chi connectivity index (χ0v) is 15.3. The molecule has 0 fully saturated rings. The van der Waals surface area contributed by atoms with E-state index in [1.54, 1.807) is 36.6 Å². The maximum absolute atomic E-state index is 12.2. The molecule has 0 aliphatic rings. The van der Waals surface area contributed by atoms with Crippen molar-refractivity contribution in [2.24, 2.45) is 3.77 Å². The average Bonchev–Trinajstić information content (AvgIpc) is 2.50. The fraction of sp³-hybridized carbons (Fsp3) is 0.143. The summed E-state index contributed by atoms with van der Waals surface area (Å²) in [6.45, 7) is 1.91. The molecular weight excluding hydrogens is 420 g/mol. The first-order valence-corrected chi connectivity index (χ1v) is 10.8. The van der Waals surface area contributed by atoms with Crippen LogP contribution in [0.5, 0.6) is 0 Å². The van der Waals surface area contributed by atoms with Gasteiger partial charge in [-0.2, -0.15) is 38.7 Å². The van der Waals surface area contributed by atoms with E-state index in [2.05, 4.69) is 37.5 Å². The minimum atomic E-state index is -3.61. The Morgan fingerprint density at radius 2 is 1.76 bits per heavy atom. The van der Waals surface area contributed by atoms with E-state index >= 15 is 0 Å². The Morgan fingerprint density at radius 3 is 2.29 bits per heavy atom. The van der Waals surface area contributed by atoms with Gasteiger partial charge in [0.1, 0.15) is 0 Å². The van der Waals surface area contributed by atoms with Gasteiger partial charge in [0.25, 0.3) is 10.0 Å². The summed E-state index contributed by atoms with van der Waals surface area (Å²) in [7, 11) is 0.155. The number of halogens is 1. The van der Waals surface area contributed by atoms with Gasteiger partial charge in [0, 0.05) is 0 Å². The van der Waals surface area contributed by atoms with Crippen molar-refractivity contribution in [3.63, 3.8) is 0 Å². The summed E-state index contributed by atoms with van der Waals surface area (Å²) < 4.78 is 28.3. The monoisotopic (exact) mass is 433 g/mol. The topological polar surface area (TPSA) is 46.5 Å². The Labute approximate surface area is 143 Å². The van der Waals surface area contributed by atoms with Gasteiger partial charge in [0.15, 0.2) is 0 Å². The number of aryl methyl sites for hydroxylation is 1. The third kappa shape index (κ3) is 5.65. The number of rotatable bonds is 3. The molecule has 0 heterocycles. The normalized spacial score (nSPS) is 12.4. The summed E-state index contributed by atoms with van der Waals surface area (Å²) in [4.78, 5) is 1.02. The summed E-state index contributed by atoms with van der Waals surface area (Å²) in [5, 5.41) is 0. The molecule has 0 spiro atoms. The SMILES string of the molecule is Cc1ccc(S(=O)(=O)/N=S(\C)c2[c-]cccc2)cc1.[Cl][Pd+]. The molecule has 2 aromatic rings. The first kappa shape index (κ1) is 18.5. The molecule has 3 nitrogen and oxygen atoms in total. The van der Waals surface area contributed by atoms with E-state index in [4.69, 9.17) is 0 Å². The Kier molecular flexibility index (Phi) is 7.79. The van der Waals surface area contributed by atoms with Crippen LogP contribution >= 0.6 is 9.53 Å². The van der Waals surface area contributed by atoms with Crippen molar-refractivity contribution in [1.82, 2.24) is 0 Å². The van der Waals surface area contributed by atoms with Crippen molar-refractivity contribution in [3.8, 4) is 0 Å². The molecule has 0 aliphatic carbocycles. The van der Waals surface area contributed by atoms with Gasteiger partial charge < -0.3 is 0 Å². The molecule has 0 amide bonds. The van der Waals surface area contributed by atoms with Crippen LogP contribution in [0, 0.1) is 13.0 Å². The van der Waals surface area contributed by atoms with Crippen LogP contribution in [0.2, 0.25) is 0 Å². The molecule has 2 rings (SSSR count). The molecule has 1 atom stereocenters. The second kappa shape index (κ2) is 8.82. The molecule has 0 saturated carbocycles. The molecule has 0 radical (unpaired) electrons. The van der Waals surface area contributed by atoms with Gasteiger partial charge in [0.2, 0.25) is 0 Å². The van der Waals surface area contributed by atoms with E-state index in [0.717, 1.165) is 10.5 Å². The van der Waals surface area contributed by atoms with Gasteiger partial charge in [-0.3, -0.25) is 0 Å². The number of hydrogen-bond acceptors (Lipinski definition) is 2. The standard InChI is InChI=1S/C14H14NO2S2.ClH.Pd/c1-12-8-10-14(11-9-12)19(16,17)15-18(2)13-6-4-3-5-7-13;;/h3-6,8-11H,1-2H3;1H;/q-1;;+2/p-1. The predicted molar refractivity (Wildman–Crippen MR) is 83.5 cm³/mol. The Balaban J connectivity index is 0.00000106. The van der Waals surface area contributed by atoms with Crippen molar-refractivity contribution < 1.29 is 26.6 Å². The van der Waals surface area contributed by atoms with E-state index in [1.165, 1.54) is 0 Å². The predicted octanol–water partition coefficient (Wildman–Crippen LogP) is 3.66. The molecule has 0 aromatic heterocycles. The molecule has 0 saturated heterocycles. The number of sulfonamides is 1. The van der Waals surface area contributed by atoms with E-state index < -0.39 is 20.7 Å². The first-order valence-electron chi connectivity index (χ1n) is 5.78. The van der Waals surface area contributed by atoms with Gasteiger partial charge in [-0.1, -0.05) is 33.3 Å². The summed E-state index contributed by atoms with van der Waals surface area (Å²) in [6, 6.07) is 17.0. The Bertz CT molecular complexity index is 702. The third-order valence-corrected chi connectivity index (χ3v) is 5.97. The van der Waals surface area contributed by atoms with E-state index in [9.17, 15) is 8.42 Å². The maximum atomic E-state index is 12.2. The Morgan fingerprint density at radius 1 is 1.14 bits per heavy atom. The number of nitrogens with zero attached hydrogens (tertiary/aromatic N) is 1. The van der Waals surface area contributed by atoms with Gasteiger partial charge in [-0.25, -0.2) is 0 Å². The Hall–Kier alpha value is -0.508. The van der Waals surface area contributed by atoms with Crippen LogP contribution in [0.15, 0.2) is 62.1 Å². The van der Waals surface area contributed by atoms with Crippen molar-refractivity contribution in [2.45, 2.75) is 16.7 Å². The number of benzene rings is 2. The molecular formula is C14H14ClNO2PdS2. The third-order valence-electron chi connectivity index (χ3n) is 2.53. The van der Waals surface area contributed by atoms with Crippen LogP contribution < -0.4 is 0 Å². The molecule has 0 aliphatic heterocycles. The molecule has 2 aromatic carbocycles. The van der Waals surface area contributed by atoms with E-state index in [1.807, 2.05) is 25.1 Å². The second-order valence-electron chi connectivity index (χ2n) is 4.07. The average molecular weight is 434 g/mol. The quantitative estimate of drug-likeness (QED) is 0.547. The van der Waals surface area contributed by atoms with Gasteiger partial charge in [-0.15, -0.1) is 3.77 Å². The van der Waals surface area contributed by atoms with Crippen LogP contribution in [0.1, 0.15) is 5.56 Å². The van der Waals surface area contributed by atoms with Gasteiger partial charge >= 0.3 is 27.7 Å². The summed E-state index contributed by atoms with van der Waals surface area (Å²) in [5.74, 6) is 0. The second-order valence-corrected chi connectivity index (χ2v) is 7.48. The van der Waals surface area contributed by atoms with E-state index in [-0.39, 0.29) is 4.90 Å². The zero-order valence-electron chi connectivity index (χ0n) is 11.4. The summed E-state index contributed by atoms with van der Waals surface area (Å²) >= 11 is 2.22. The van der Waals surface area contributed by atoms with Crippen molar-refractivity contribution in [1.29, 1.82) is 0 Å². The first-order chi connectivity index (χ1) is 9.99. The molecule has 0 N–H and O–H groups in total. The fourth-order valence-corrected chi connectivity index (χ4v) is 4.34. The molecule has 0 bridgehead atoms. The fourth-order valence-electron chi connectivity index (χ4n) is 1.50. The van der Waals surface area contributed by atoms with Crippen LogP contribution in [-0.2, 0) is 38.9 Å².